The molecular weight excluding hydrogens is 318 g/mol. The molecule has 1 heterocycles. The van der Waals surface area contributed by atoms with Crippen molar-refractivity contribution >= 4 is 28.0 Å². The number of rotatable bonds is 5. The Morgan fingerprint density at radius 2 is 1.92 bits per heavy atom. The molecule has 0 aliphatic carbocycles. The lowest BCUT2D eigenvalue weighted by Crippen LogP contribution is -2.27. The van der Waals surface area contributed by atoms with E-state index in [1.807, 2.05) is 37.3 Å². The zero-order valence-corrected chi connectivity index (χ0v) is 14.9. The molecule has 0 saturated carbocycles. The third-order valence-corrected chi connectivity index (χ3v) is 5.38. The Labute approximate surface area is 146 Å². The smallest absolute Gasteiger partial charge is 0.227 e. The van der Waals surface area contributed by atoms with Crippen LogP contribution in [-0.4, -0.2) is 13.0 Å². The first-order chi connectivity index (χ1) is 11.6. The van der Waals surface area contributed by atoms with Crippen molar-refractivity contribution in [3.05, 3.63) is 63.8 Å². The number of fused-ring (bicyclic) bond motifs is 1. The number of hydrogen-bond acceptors (Lipinski definition) is 3. The number of carbonyl (C=O) groups is 1. The van der Waals surface area contributed by atoms with Crippen LogP contribution in [0.5, 0.6) is 5.75 Å². The largest absolute Gasteiger partial charge is 0.497 e. The van der Waals surface area contributed by atoms with Gasteiger partial charge in [-0.05, 0) is 59.3 Å². The van der Waals surface area contributed by atoms with Crippen LogP contribution in [0.2, 0.25) is 0 Å². The van der Waals surface area contributed by atoms with Gasteiger partial charge in [0, 0.05) is 4.88 Å². The highest BCUT2D eigenvalue weighted by Gasteiger charge is 2.16. The summed E-state index contributed by atoms with van der Waals surface area (Å²) >= 11 is 1.68. The van der Waals surface area contributed by atoms with Crippen molar-refractivity contribution in [1.82, 2.24) is 5.32 Å². The maximum atomic E-state index is 12.5. The van der Waals surface area contributed by atoms with Crippen LogP contribution in [-0.2, 0) is 11.3 Å². The maximum absolute atomic E-state index is 12.5. The summed E-state index contributed by atoms with van der Waals surface area (Å²) in [6.45, 7) is 4.61. The summed E-state index contributed by atoms with van der Waals surface area (Å²) in [7, 11) is 1.66. The first kappa shape index (κ1) is 16.5. The maximum Gasteiger partial charge on any atom is 0.227 e. The molecule has 24 heavy (non-hydrogen) atoms. The van der Waals surface area contributed by atoms with Crippen molar-refractivity contribution in [2.45, 2.75) is 26.3 Å². The molecule has 124 valence electrons. The number of methoxy groups -OCH3 is 1. The summed E-state index contributed by atoms with van der Waals surface area (Å²) in [6, 6.07) is 14.2. The van der Waals surface area contributed by atoms with Crippen LogP contribution < -0.4 is 10.1 Å². The standard InChI is InChI=1S/C20H21NO2S/c1-13-8-9-24-19(13)12-21-20(22)14(2)15-4-5-17-11-18(23-3)7-6-16(17)10-15/h4-11,14H,12H2,1-3H3,(H,21,22)/t14-/m0/s1. The van der Waals surface area contributed by atoms with E-state index in [1.165, 1.54) is 10.4 Å². The topological polar surface area (TPSA) is 38.3 Å². The fourth-order valence-electron chi connectivity index (χ4n) is 2.70. The fraction of sp³-hybridized carbons (Fsp3) is 0.250. The minimum absolute atomic E-state index is 0.0515. The quantitative estimate of drug-likeness (QED) is 0.735. The number of ether oxygens (including phenoxy) is 1. The van der Waals surface area contributed by atoms with Gasteiger partial charge < -0.3 is 10.1 Å². The predicted octanol–water partition coefficient (Wildman–Crippen LogP) is 4.64. The Morgan fingerprint density at radius 1 is 1.17 bits per heavy atom. The zero-order valence-electron chi connectivity index (χ0n) is 14.1. The van der Waals surface area contributed by atoms with E-state index in [-0.39, 0.29) is 11.8 Å². The Balaban J connectivity index is 1.73. The molecule has 1 aromatic heterocycles. The summed E-state index contributed by atoms with van der Waals surface area (Å²) in [4.78, 5) is 13.7. The molecule has 0 spiro atoms. The molecule has 1 atom stereocenters. The first-order valence-electron chi connectivity index (χ1n) is 7.97. The van der Waals surface area contributed by atoms with Gasteiger partial charge in [0.15, 0.2) is 0 Å². The SMILES string of the molecule is COc1ccc2cc([C@H](C)C(=O)NCc3sccc3C)ccc2c1. The van der Waals surface area contributed by atoms with Gasteiger partial charge in [-0.2, -0.15) is 0 Å². The molecule has 4 heteroatoms. The van der Waals surface area contributed by atoms with Crippen LogP contribution in [0.25, 0.3) is 10.8 Å². The molecule has 3 nitrogen and oxygen atoms in total. The fourth-order valence-corrected chi connectivity index (χ4v) is 3.54. The number of benzene rings is 2. The Bertz CT molecular complexity index is 869. The summed E-state index contributed by atoms with van der Waals surface area (Å²) in [6.07, 6.45) is 0. The Kier molecular flexibility index (Phi) is 4.86. The molecule has 2 aromatic carbocycles. The van der Waals surface area contributed by atoms with Crippen LogP contribution >= 0.6 is 11.3 Å². The van der Waals surface area contributed by atoms with Gasteiger partial charge in [0.25, 0.3) is 0 Å². The zero-order chi connectivity index (χ0) is 17.1. The molecule has 3 rings (SSSR count). The van der Waals surface area contributed by atoms with Crippen LogP contribution in [0.3, 0.4) is 0 Å². The third kappa shape index (κ3) is 3.44. The van der Waals surface area contributed by atoms with E-state index >= 15 is 0 Å². The van der Waals surface area contributed by atoms with Gasteiger partial charge in [0.2, 0.25) is 5.91 Å². The highest BCUT2D eigenvalue weighted by molar-refractivity contribution is 7.10. The number of hydrogen-bond donors (Lipinski definition) is 1. The Morgan fingerprint density at radius 3 is 2.62 bits per heavy atom. The number of amides is 1. The van der Waals surface area contributed by atoms with Gasteiger partial charge in [-0.1, -0.05) is 24.3 Å². The van der Waals surface area contributed by atoms with E-state index in [1.54, 1.807) is 18.4 Å². The summed E-state index contributed by atoms with van der Waals surface area (Å²) in [5.41, 5.74) is 2.25. The van der Waals surface area contributed by atoms with Gasteiger partial charge in [-0.3, -0.25) is 4.79 Å². The van der Waals surface area contributed by atoms with E-state index in [9.17, 15) is 4.79 Å². The van der Waals surface area contributed by atoms with Gasteiger partial charge in [0.1, 0.15) is 5.75 Å². The van der Waals surface area contributed by atoms with E-state index in [2.05, 4.69) is 29.8 Å². The second kappa shape index (κ2) is 7.05. The second-order valence-electron chi connectivity index (χ2n) is 5.94. The van der Waals surface area contributed by atoms with Crippen molar-refractivity contribution in [3.63, 3.8) is 0 Å². The average molecular weight is 339 g/mol. The molecule has 0 radical (unpaired) electrons. The molecule has 1 N–H and O–H groups in total. The van der Waals surface area contributed by atoms with Gasteiger partial charge >= 0.3 is 0 Å². The van der Waals surface area contributed by atoms with E-state index in [0.29, 0.717) is 6.54 Å². The lowest BCUT2D eigenvalue weighted by atomic mass is 9.97. The molecule has 0 aliphatic rings. The van der Waals surface area contributed by atoms with Gasteiger partial charge in [-0.15, -0.1) is 11.3 Å². The second-order valence-corrected chi connectivity index (χ2v) is 6.94. The molecular formula is C20H21NO2S. The lowest BCUT2D eigenvalue weighted by molar-refractivity contribution is -0.122. The van der Waals surface area contributed by atoms with E-state index < -0.39 is 0 Å². The van der Waals surface area contributed by atoms with Crippen LogP contribution in [0.15, 0.2) is 47.8 Å². The average Bonchev–Trinajstić information content (AvgIpc) is 3.03. The normalized spacial score (nSPS) is 12.1. The number of carbonyl (C=O) groups excluding carboxylic acids is 1. The monoisotopic (exact) mass is 339 g/mol. The van der Waals surface area contributed by atoms with Crippen molar-refractivity contribution in [2.24, 2.45) is 0 Å². The molecule has 3 aromatic rings. The van der Waals surface area contributed by atoms with Crippen LogP contribution in [0.4, 0.5) is 0 Å². The molecule has 0 fully saturated rings. The number of nitrogens with one attached hydrogen (secondary N) is 1. The third-order valence-electron chi connectivity index (χ3n) is 4.36. The molecule has 1 amide bonds. The summed E-state index contributed by atoms with van der Waals surface area (Å²) < 4.78 is 5.25. The Hall–Kier alpha value is -2.33. The van der Waals surface area contributed by atoms with Crippen molar-refractivity contribution < 1.29 is 9.53 Å². The van der Waals surface area contributed by atoms with Gasteiger partial charge in [-0.25, -0.2) is 0 Å². The first-order valence-corrected chi connectivity index (χ1v) is 8.85. The summed E-state index contributed by atoms with van der Waals surface area (Å²) in [5, 5.41) is 7.32. The highest BCUT2D eigenvalue weighted by atomic mass is 32.1. The molecule has 0 saturated heterocycles. The van der Waals surface area contributed by atoms with Gasteiger partial charge in [0.05, 0.1) is 19.6 Å². The minimum Gasteiger partial charge on any atom is -0.497 e. The molecule has 0 unspecified atom stereocenters. The van der Waals surface area contributed by atoms with E-state index in [4.69, 9.17) is 4.74 Å². The number of aryl methyl sites for hydroxylation is 1. The van der Waals surface area contributed by atoms with E-state index in [0.717, 1.165) is 22.1 Å². The van der Waals surface area contributed by atoms with Crippen molar-refractivity contribution in [1.29, 1.82) is 0 Å². The van der Waals surface area contributed by atoms with Crippen LogP contribution in [0.1, 0.15) is 28.8 Å². The molecule has 0 aliphatic heterocycles. The van der Waals surface area contributed by atoms with Crippen molar-refractivity contribution in [2.75, 3.05) is 7.11 Å². The molecule has 0 bridgehead atoms. The lowest BCUT2D eigenvalue weighted by Gasteiger charge is -2.13. The summed E-state index contributed by atoms with van der Waals surface area (Å²) in [5.74, 6) is 0.708. The minimum atomic E-state index is -0.184. The number of thiophene rings is 1. The van der Waals surface area contributed by atoms with Crippen molar-refractivity contribution in [3.8, 4) is 5.75 Å². The predicted molar refractivity (Wildman–Crippen MR) is 99.8 cm³/mol. The van der Waals surface area contributed by atoms with Crippen LogP contribution in [0, 0.1) is 6.92 Å². The highest BCUT2D eigenvalue weighted by Crippen LogP contribution is 2.25.